The SMILES string of the molecule is CCOC(=O)C1=C(C)NC2=C(C(=O)SC2)C1c1cccc([N+](=O)[O-])c1. The second-order valence-electron chi connectivity index (χ2n) is 5.64. The number of nitro groups is 1. The third-order valence-electron chi connectivity index (χ3n) is 4.12. The van der Waals surface area contributed by atoms with Crippen LogP contribution in [-0.2, 0) is 14.3 Å². The van der Waals surface area contributed by atoms with Crippen LogP contribution < -0.4 is 5.32 Å². The van der Waals surface area contributed by atoms with Gasteiger partial charge in [0.15, 0.2) is 0 Å². The summed E-state index contributed by atoms with van der Waals surface area (Å²) in [5.41, 5.74) is 2.58. The number of esters is 1. The van der Waals surface area contributed by atoms with Crippen molar-refractivity contribution in [2.75, 3.05) is 12.4 Å². The minimum absolute atomic E-state index is 0.0860. The predicted octanol–water partition coefficient (Wildman–Crippen LogP) is 2.65. The molecule has 0 radical (unpaired) electrons. The van der Waals surface area contributed by atoms with E-state index in [1.165, 1.54) is 12.1 Å². The van der Waals surface area contributed by atoms with E-state index in [0.717, 1.165) is 17.5 Å². The van der Waals surface area contributed by atoms with Gasteiger partial charge in [-0.3, -0.25) is 14.9 Å². The van der Waals surface area contributed by atoms with E-state index in [1.807, 2.05) is 0 Å². The van der Waals surface area contributed by atoms with Gasteiger partial charge in [-0.25, -0.2) is 4.79 Å². The van der Waals surface area contributed by atoms with Crippen molar-refractivity contribution in [2.24, 2.45) is 0 Å². The largest absolute Gasteiger partial charge is 0.463 e. The number of hydrogen-bond acceptors (Lipinski definition) is 7. The number of allylic oxidation sites excluding steroid dienone is 1. The van der Waals surface area contributed by atoms with Crippen molar-refractivity contribution in [3.8, 4) is 0 Å². The van der Waals surface area contributed by atoms with Crippen LogP contribution >= 0.6 is 11.8 Å². The first-order valence-corrected chi connectivity index (χ1v) is 8.72. The maximum absolute atomic E-state index is 12.5. The molecule has 3 rings (SSSR count). The first kappa shape index (κ1) is 17.2. The molecule has 2 aliphatic rings. The smallest absolute Gasteiger partial charge is 0.336 e. The predicted molar refractivity (Wildman–Crippen MR) is 92.8 cm³/mol. The number of rotatable bonds is 4. The molecule has 0 amide bonds. The number of non-ortho nitro benzene ring substituents is 1. The van der Waals surface area contributed by atoms with E-state index in [-0.39, 0.29) is 17.4 Å². The average molecular weight is 360 g/mol. The Hall–Kier alpha value is -2.61. The Morgan fingerprint density at radius 1 is 1.48 bits per heavy atom. The van der Waals surface area contributed by atoms with Gasteiger partial charge >= 0.3 is 5.97 Å². The van der Waals surface area contributed by atoms with Crippen LogP contribution in [0.15, 0.2) is 46.8 Å². The molecule has 0 spiro atoms. The molecule has 130 valence electrons. The number of nitro benzene ring substituents is 1. The summed E-state index contributed by atoms with van der Waals surface area (Å²) in [6.45, 7) is 3.65. The third-order valence-corrected chi connectivity index (χ3v) is 5.04. The molecule has 0 saturated carbocycles. The van der Waals surface area contributed by atoms with Crippen molar-refractivity contribution in [3.05, 3.63) is 62.5 Å². The summed E-state index contributed by atoms with van der Waals surface area (Å²) in [4.78, 5) is 35.5. The monoisotopic (exact) mass is 360 g/mol. The van der Waals surface area contributed by atoms with Gasteiger partial charge in [-0.15, -0.1) is 0 Å². The summed E-state index contributed by atoms with van der Waals surface area (Å²) in [6, 6.07) is 6.03. The molecule has 0 fully saturated rings. The van der Waals surface area contributed by atoms with Crippen LogP contribution in [0, 0.1) is 10.1 Å². The van der Waals surface area contributed by atoms with E-state index in [1.54, 1.807) is 26.0 Å². The minimum Gasteiger partial charge on any atom is -0.463 e. The van der Waals surface area contributed by atoms with Crippen molar-refractivity contribution >= 4 is 28.5 Å². The number of nitrogens with zero attached hydrogens (tertiary/aromatic N) is 1. The fourth-order valence-corrected chi connectivity index (χ4v) is 4.00. The number of carbonyl (C=O) groups is 2. The Morgan fingerprint density at radius 2 is 2.24 bits per heavy atom. The standard InChI is InChI=1S/C17H16N2O5S/c1-3-24-16(20)13-9(2)18-12-8-25-17(21)15(12)14(13)10-5-4-6-11(7-10)19(22)23/h4-7,14,18H,3,8H2,1-2H3. The van der Waals surface area contributed by atoms with Gasteiger partial charge in [0.1, 0.15) is 0 Å². The van der Waals surface area contributed by atoms with Crippen molar-refractivity contribution in [2.45, 2.75) is 19.8 Å². The number of ether oxygens (including phenoxy) is 1. The van der Waals surface area contributed by atoms with E-state index >= 15 is 0 Å². The van der Waals surface area contributed by atoms with Gasteiger partial charge in [-0.1, -0.05) is 23.9 Å². The highest BCUT2D eigenvalue weighted by atomic mass is 32.2. The first-order valence-electron chi connectivity index (χ1n) is 7.73. The lowest BCUT2D eigenvalue weighted by Gasteiger charge is -2.28. The summed E-state index contributed by atoms with van der Waals surface area (Å²) in [6.07, 6.45) is 0. The first-order chi connectivity index (χ1) is 11.9. The van der Waals surface area contributed by atoms with Crippen molar-refractivity contribution in [1.29, 1.82) is 0 Å². The minimum atomic E-state index is -0.669. The molecule has 2 heterocycles. The molecule has 1 atom stereocenters. The van der Waals surface area contributed by atoms with E-state index in [0.29, 0.717) is 28.2 Å². The molecule has 2 aliphatic heterocycles. The lowest BCUT2D eigenvalue weighted by Crippen LogP contribution is -2.30. The number of thioether (sulfide) groups is 1. The van der Waals surface area contributed by atoms with Gasteiger partial charge in [-0.2, -0.15) is 0 Å². The average Bonchev–Trinajstić information content (AvgIpc) is 2.94. The van der Waals surface area contributed by atoms with Crippen LogP contribution in [0.3, 0.4) is 0 Å². The Labute approximate surface area is 148 Å². The maximum atomic E-state index is 12.5. The highest BCUT2D eigenvalue weighted by molar-refractivity contribution is 8.14. The Bertz CT molecular complexity index is 843. The van der Waals surface area contributed by atoms with Gasteiger partial charge in [0, 0.05) is 40.8 Å². The molecule has 1 unspecified atom stereocenters. The molecule has 7 nitrogen and oxygen atoms in total. The fraction of sp³-hybridized carbons (Fsp3) is 0.294. The molecule has 1 aromatic carbocycles. The van der Waals surface area contributed by atoms with Gasteiger partial charge in [-0.05, 0) is 19.4 Å². The number of dihydropyridines is 1. The Morgan fingerprint density at radius 3 is 2.92 bits per heavy atom. The third kappa shape index (κ3) is 3.05. The van der Waals surface area contributed by atoms with Gasteiger partial charge in [0.2, 0.25) is 5.12 Å². The van der Waals surface area contributed by atoms with Crippen LogP contribution in [0.2, 0.25) is 0 Å². The molecule has 0 aromatic heterocycles. The van der Waals surface area contributed by atoms with Gasteiger partial charge < -0.3 is 10.1 Å². The number of benzene rings is 1. The normalized spacial score (nSPS) is 19.6. The van der Waals surface area contributed by atoms with E-state index in [9.17, 15) is 19.7 Å². The molecule has 0 bridgehead atoms. The highest BCUT2D eigenvalue weighted by Gasteiger charge is 2.41. The van der Waals surface area contributed by atoms with Crippen LogP contribution in [0.25, 0.3) is 0 Å². The maximum Gasteiger partial charge on any atom is 0.336 e. The molecular formula is C17H16N2O5S. The second-order valence-corrected chi connectivity index (χ2v) is 6.59. The summed E-state index contributed by atoms with van der Waals surface area (Å²) in [7, 11) is 0. The molecule has 1 aromatic rings. The molecular weight excluding hydrogens is 344 g/mol. The molecule has 0 aliphatic carbocycles. The van der Waals surface area contributed by atoms with Crippen molar-refractivity contribution in [3.63, 3.8) is 0 Å². The van der Waals surface area contributed by atoms with Crippen LogP contribution in [0.1, 0.15) is 25.3 Å². The Balaban J connectivity index is 2.16. The van der Waals surface area contributed by atoms with Crippen molar-refractivity contribution in [1.82, 2.24) is 5.32 Å². The van der Waals surface area contributed by atoms with E-state index in [2.05, 4.69) is 5.32 Å². The van der Waals surface area contributed by atoms with E-state index in [4.69, 9.17) is 4.74 Å². The van der Waals surface area contributed by atoms with E-state index < -0.39 is 16.8 Å². The topological polar surface area (TPSA) is 98.5 Å². The lowest BCUT2D eigenvalue weighted by atomic mass is 9.81. The molecule has 25 heavy (non-hydrogen) atoms. The summed E-state index contributed by atoms with van der Waals surface area (Å²) in [5.74, 6) is -0.703. The lowest BCUT2D eigenvalue weighted by molar-refractivity contribution is -0.384. The quantitative estimate of drug-likeness (QED) is 0.501. The number of hydrogen-bond donors (Lipinski definition) is 1. The summed E-state index contributed by atoms with van der Waals surface area (Å²) < 4.78 is 5.15. The fourth-order valence-electron chi connectivity index (χ4n) is 3.10. The summed E-state index contributed by atoms with van der Waals surface area (Å²) in [5, 5.41) is 14.1. The Kier molecular flexibility index (Phi) is 4.63. The van der Waals surface area contributed by atoms with Crippen molar-refractivity contribution < 1.29 is 19.2 Å². The zero-order valence-corrected chi connectivity index (χ0v) is 14.5. The number of nitrogens with one attached hydrogen (secondary N) is 1. The zero-order valence-electron chi connectivity index (χ0n) is 13.7. The van der Waals surface area contributed by atoms with Gasteiger partial charge in [0.25, 0.3) is 5.69 Å². The van der Waals surface area contributed by atoms with Crippen LogP contribution in [0.4, 0.5) is 5.69 Å². The zero-order chi connectivity index (χ0) is 18.1. The number of carbonyl (C=O) groups excluding carboxylic acids is 2. The van der Waals surface area contributed by atoms with Gasteiger partial charge in [0.05, 0.1) is 17.1 Å². The second kappa shape index (κ2) is 6.72. The summed E-state index contributed by atoms with van der Waals surface area (Å²) >= 11 is 1.15. The molecule has 1 N–H and O–H groups in total. The van der Waals surface area contributed by atoms with Crippen LogP contribution in [0.5, 0.6) is 0 Å². The molecule has 8 heteroatoms. The molecule has 0 saturated heterocycles. The van der Waals surface area contributed by atoms with Crippen LogP contribution in [-0.4, -0.2) is 28.4 Å². The highest BCUT2D eigenvalue weighted by Crippen LogP contribution is 2.44.